The third kappa shape index (κ3) is 4.97. The number of ketones is 1. The number of hydrogen-bond donors (Lipinski definition) is 1. The minimum absolute atomic E-state index is 0.0381. The first-order valence-corrected chi connectivity index (χ1v) is 11.6. The van der Waals surface area contributed by atoms with Crippen LogP contribution in [0.5, 0.6) is 0 Å². The van der Waals surface area contributed by atoms with E-state index in [1.807, 2.05) is 17.5 Å². The maximum Gasteiger partial charge on any atom is 0.234 e. The fourth-order valence-electron chi connectivity index (χ4n) is 3.28. The highest BCUT2D eigenvalue weighted by molar-refractivity contribution is 7.99. The van der Waals surface area contributed by atoms with Crippen LogP contribution in [0.4, 0.5) is 5.69 Å². The molecule has 9 heteroatoms. The van der Waals surface area contributed by atoms with E-state index in [-0.39, 0.29) is 23.5 Å². The summed E-state index contributed by atoms with van der Waals surface area (Å²) < 4.78 is 7.85. The highest BCUT2D eigenvalue weighted by Gasteiger charge is 2.22. The lowest BCUT2D eigenvalue weighted by Gasteiger charge is -2.14. The summed E-state index contributed by atoms with van der Waals surface area (Å²) in [5, 5.41) is 14.3. The molecule has 1 saturated heterocycles. The quantitative estimate of drug-likeness (QED) is 0.417. The van der Waals surface area contributed by atoms with Crippen LogP contribution in [0.2, 0.25) is 0 Å². The Morgan fingerprint density at radius 1 is 1.30 bits per heavy atom. The molecule has 1 aliphatic heterocycles. The summed E-state index contributed by atoms with van der Waals surface area (Å²) in [5.41, 5.74) is 1.17. The molecule has 156 valence electrons. The van der Waals surface area contributed by atoms with Crippen LogP contribution in [0.15, 0.2) is 46.9 Å². The van der Waals surface area contributed by atoms with Gasteiger partial charge in [0.2, 0.25) is 5.91 Å². The molecule has 2 aromatic heterocycles. The van der Waals surface area contributed by atoms with E-state index in [1.54, 1.807) is 35.6 Å². The van der Waals surface area contributed by atoms with Crippen molar-refractivity contribution in [3.63, 3.8) is 0 Å². The molecule has 0 spiro atoms. The summed E-state index contributed by atoms with van der Waals surface area (Å²) in [4.78, 5) is 25.0. The highest BCUT2D eigenvalue weighted by atomic mass is 32.2. The molecular weight excluding hydrogens is 420 g/mol. The smallest absolute Gasteiger partial charge is 0.234 e. The van der Waals surface area contributed by atoms with Crippen LogP contribution < -0.4 is 5.32 Å². The zero-order valence-electron chi connectivity index (χ0n) is 16.5. The van der Waals surface area contributed by atoms with Crippen molar-refractivity contribution in [2.45, 2.75) is 37.6 Å². The Morgan fingerprint density at radius 2 is 2.20 bits per heavy atom. The third-order valence-corrected chi connectivity index (χ3v) is 6.59. The number of ether oxygens (including phenoxy) is 1. The number of amides is 1. The molecule has 0 saturated carbocycles. The molecule has 1 unspecified atom stereocenters. The van der Waals surface area contributed by atoms with Crippen molar-refractivity contribution >= 4 is 40.5 Å². The number of carbonyl (C=O) groups is 2. The van der Waals surface area contributed by atoms with E-state index in [4.69, 9.17) is 4.74 Å². The van der Waals surface area contributed by atoms with Gasteiger partial charge in [-0.25, -0.2) is 0 Å². The lowest BCUT2D eigenvalue weighted by Crippen LogP contribution is -2.18. The van der Waals surface area contributed by atoms with Gasteiger partial charge in [0.15, 0.2) is 16.8 Å². The van der Waals surface area contributed by atoms with E-state index < -0.39 is 0 Å². The Hall–Kier alpha value is -2.49. The SMILES string of the molecule is CC(=O)c1cccc(NC(=O)CSc2nnc(-c3cccs3)n2CC2CCCO2)c1. The van der Waals surface area contributed by atoms with E-state index in [1.165, 1.54) is 18.7 Å². The number of anilines is 1. The molecule has 1 atom stereocenters. The minimum Gasteiger partial charge on any atom is -0.376 e. The Kier molecular flexibility index (Phi) is 6.61. The van der Waals surface area contributed by atoms with Gasteiger partial charge in [0.25, 0.3) is 0 Å². The number of carbonyl (C=O) groups excluding carboxylic acids is 2. The summed E-state index contributed by atoms with van der Waals surface area (Å²) in [5.74, 6) is 0.796. The summed E-state index contributed by atoms with van der Waals surface area (Å²) in [6, 6.07) is 10.9. The fraction of sp³-hybridized carbons (Fsp3) is 0.333. The molecule has 1 amide bonds. The van der Waals surface area contributed by atoms with Crippen molar-refractivity contribution in [1.82, 2.24) is 14.8 Å². The lowest BCUT2D eigenvalue weighted by atomic mass is 10.1. The molecule has 1 N–H and O–H groups in total. The predicted octanol–water partition coefficient (Wildman–Crippen LogP) is 4.12. The Balaban J connectivity index is 1.45. The maximum absolute atomic E-state index is 12.5. The fourth-order valence-corrected chi connectivity index (χ4v) is 4.75. The molecule has 1 fully saturated rings. The number of thiophene rings is 1. The van der Waals surface area contributed by atoms with Gasteiger partial charge in [0.05, 0.1) is 23.3 Å². The van der Waals surface area contributed by atoms with Gasteiger partial charge in [-0.1, -0.05) is 30.0 Å². The van der Waals surface area contributed by atoms with Crippen molar-refractivity contribution in [3.05, 3.63) is 47.3 Å². The van der Waals surface area contributed by atoms with Gasteiger partial charge in [0, 0.05) is 17.9 Å². The number of nitrogens with zero attached hydrogens (tertiary/aromatic N) is 3. The lowest BCUT2D eigenvalue weighted by molar-refractivity contribution is -0.113. The van der Waals surface area contributed by atoms with Gasteiger partial charge < -0.3 is 10.1 Å². The number of thioether (sulfide) groups is 1. The van der Waals surface area contributed by atoms with Gasteiger partial charge in [-0.15, -0.1) is 21.5 Å². The van der Waals surface area contributed by atoms with Crippen LogP contribution in [-0.4, -0.2) is 44.9 Å². The second-order valence-electron chi connectivity index (χ2n) is 7.00. The summed E-state index contributed by atoms with van der Waals surface area (Å²) in [6.07, 6.45) is 2.21. The number of nitrogens with one attached hydrogen (secondary N) is 1. The predicted molar refractivity (Wildman–Crippen MR) is 118 cm³/mol. The molecule has 3 aromatic rings. The monoisotopic (exact) mass is 442 g/mol. The van der Waals surface area contributed by atoms with E-state index in [0.717, 1.165) is 30.2 Å². The van der Waals surface area contributed by atoms with E-state index in [0.29, 0.717) is 23.0 Å². The van der Waals surface area contributed by atoms with Crippen LogP contribution in [-0.2, 0) is 16.1 Å². The number of rotatable bonds is 8. The third-order valence-electron chi connectivity index (χ3n) is 4.75. The molecule has 7 nitrogen and oxygen atoms in total. The summed E-state index contributed by atoms with van der Waals surface area (Å²) >= 11 is 2.96. The van der Waals surface area contributed by atoms with Gasteiger partial charge >= 0.3 is 0 Å². The van der Waals surface area contributed by atoms with Crippen LogP contribution in [0.25, 0.3) is 10.7 Å². The average molecular weight is 443 g/mol. The van der Waals surface area contributed by atoms with Crippen molar-refractivity contribution in [2.24, 2.45) is 0 Å². The van der Waals surface area contributed by atoms with E-state index in [9.17, 15) is 9.59 Å². The van der Waals surface area contributed by atoms with Gasteiger partial charge in [-0.2, -0.15) is 0 Å². The average Bonchev–Trinajstić information content (AvgIpc) is 3.49. The van der Waals surface area contributed by atoms with Gasteiger partial charge in [0.1, 0.15) is 0 Å². The molecule has 1 aliphatic rings. The second kappa shape index (κ2) is 9.55. The van der Waals surface area contributed by atoms with E-state index >= 15 is 0 Å². The van der Waals surface area contributed by atoms with E-state index in [2.05, 4.69) is 20.1 Å². The first kappa shape index (κ1) is 20.8. The van der Waals surface area contributed by atoms with Crippen LogP contribution in [0.1, 0.15) is 30.1 Å². The van der Waals surface area contributed by atoms with Crippen molar-refractivity contribution in [3.8, 4) is 10.7 Å². The Labute approximate surface area is 182 Å². The number of hydrogen-bond acceptors (Lipinski definition) is 7. The normalized spacial score (nSPS) is 16.0. The zero-order valence-corrected chi connectivity index (χ0v) is 18.2. The standard InChI is InChI=1S/C21H22N4O3S2/c1-14(26)15-5-2-6-16(11-15)22-19(27)13-30-21-24-23-20(18-8-4-10-29-18)25(21)12-17-7-3-9-28-17/h2,4-6,8,10-11,17H,3,7,9,12-13H2,1H3,(H,22,27). The van der Waals surface area contributed by atoms with Crippen molar-refractivity contribution in [1.29, 1.82) is 0 Å². The molecule has 0 radical (unpaired) electrons. The second-order valence-corrected chi connectivity index (χ2v) is 8.89. The maximum atomic E-state index is 12.5. The highest BCUT2D eigenvalue weighted by Crippen LogP contribution is 2.29. The largest absolute Gasteiger partial charge is 0.376 e. The molecule has 1 aromatic carbocycles. The van der Waals surface area contributed by atoms with Crippen LogP contribution >= 0.6 is 23.1 Å². The molecular formula is C21H22N4O3S2. The van der Waals surface area contributed by atoms with Crippen LogP contribution in [0.3, 0.4) is 0 Å². The topological polar surface area (TPSA) is 86.1 Å². The molecule has 3 heterocycles. The zero-order chi connectivity index (χ0) is 20.9. The molecule has 0 bridgehead atoms. The molecule has 30 heavy (non-hydrogen) atoms. The summed E-state index contributed by atoms with van der Waals surface area (Å²) in [7, 11) is 0. The van der Waals surface area contributed by atoms with Crippen molar-refractivity contribution in [2.75, 3.05) is 17.7 Å². The van der Waals surface area contributed by atoms with Gasteiger partial charge in [-0.3, -0.25) is 14.2 Å². The Bertz CT molecular complexity index is 1030. The first-order valence-electron chi connectivity index (χ1n) is 9.72. The number of aromatic nitrogens is 3. The van der Waals surface area contributed by atoms with Crippen LogP contribution in [0, 0.1) is 0 Å². The first-order chi connectivity index (χ1) is 14.6. The van der Waals surface area contributed by atoms with Crippen molar-refractivity contribution < 1.29 is 14.3 Å². The number of benzene rings is 1. The summed E-state index contributed by atoms with van der Waals surface area (Å²) in [6.45, 7) is 2.96. The molecule has 0 aliphatic carbocycles. The minimum atomic E-state index is -0.162. The van der Waals surface area contributed by atoms with Gasteiger partial charge in [-0.05, 0) is 43.3 Å². The number of Topliss-reactive ketones (excluding diaryl/α,β-unsaturated/α-hetero) is 1. The molecule has 4 rings (SSSR count). The Morgan fingerprint density at radius 3 is 2.93 bits per heavy atom.